The molecule has 23 heavy (non-hydrogen) atoms. The number of ether oxygens (including phenoxy) is 1. The van der Waals surface area contributed by atoms with Gasteiger partial charge in [-0.15, -0.1) is 11.3 Å². The molecule has 0 saturated carbocycles. The number of likely N-dealkylation sites (N-methyl/N-ethyl adjacent to an activating group) is 1. The van der Waals surface area contributed by atoms with Crippen molar-refractivity contribution in [2.75, 3.05) is 26.0 Å². The van der Waals surface area contributed by atoms with E-state index in [4.69, 9.17) is 4.74 Å². The standard InChI is InChI=1S/C17H26N2O3S/c1-6-22-17(21)14-12-8-7-10(2)9-13(12)23-16(14)18-15(20)11(3)19(4)5/h10-11H,6-9H2,1-5H3,(H,18,20)/p+1/t10-,11+/m1/s1. The molecule has 6 heteroatoms. The first kappa shape index (κ1) is 17.9. The van der Waals surface area contributed by atoms with E-state index in [-0.39, 0.29) is 17.9 Å². The van der Waals surface area contributed by atoms with E-state index in [0.717, 1.165) is 29.7 Å². The second-order valence-electron chi connectivity index (χ2n) is 6.56. The second-order valence-corrected chi connectivity index (χ2v) is 7.67. The van der Waals surface area contributed by atoms with E-state index in [2.05, 4.69) is 12.2 Å². The number of anilines is 1. The van der Waals surface area contributed by atoms with E-state index < -0.39 is 0 Å². The molecule has 2 atom stereocenters. The molecule has 0 bridgehead atoms. The predicted octanol–water partition coefficient (Wildman–Crippen LogP) is 1.52. The van der Waals surface area contributed by atoms with Crippen molar-refractivity contribution in [3.8, 4) is 0 Å². The highest BCUT2D eigenvalue weighted by atomic mass is 32.1. The molecule has 1 aliphatic carbocycles. The van der Waals surface area contributed by atoms with Crippen molar-refractivity contribution < 1.29 is 19.2 Å². The predicted molar refractivity (Wildman–Crippen MR) is 92.4 cm³/mol. The molecule has 1 aromatic heterocycles. The third-order valence-corrected chi connectivity index (χ3v) is 5.66. The molecule has 1 amide bonds. The molecule has 128 valence electrons. The number of nitrogens with one attached hydrogen (secondary N) is 2. The Hall–Kier alpha value is -1.40. The van der Waals surface area contributed by atoms with Gasteiger partial charge in [-0.3, -0.25) is 4.79 Å². The third kappa shape index (κ3) is 3.93. The minimum Gasteiger partial charge on any atom is -0.462 e. The summed E-state index contributed by atoms with van der Waals surface area (Å²) in [5, 5.41) is 3.61. The van der Waals surface area contributed by atoms with Crippen molar-refractivity contribution in [2.24, 2.45) is 5.92 Å². The van der Waals surface area contributed by atoms with Gasteiger partial charge in [0.05, 0.1) is 26.3 Å². The van der Waals surface area contributed by atoms with Crippen LogP contribution in [0.25, 0.3) is 0 Å². The summed E-state index contributed by atoms with van der Waals surface area (Å²) in [6, 6.07) is -0.178. The normalized spacial score (nSPS) is 18.4. The number of carbonyl (C=O) groups is 2. The molecule has 0 aliphatic heterocycles. The van der Waals surface area contributed by atoms with Gasteiger partial charge in [0, 0.05) is 4.88 Å². The number of hydrogen-bond donors (Lipinski definition) is 2. The average Bonchev–Trinajstić information content (AvgIpc) is 2.83. The average molecular weight is 339 g/mol. The van der Waals surface area contributed by atoms with Crippen LogP contribution in [-0.4, -0.2) is 38.6 Å². The Morgan fingerprint density at radius 1 is 1.43 bits per heavy atom. The minimum absolute atomic E-state index is 0.0674. The molecule has 0 spiro atoms. The fourth-order valence-electron chi connectivity index (χ4n) is 2.74. The molecule has 2 rings (SSSR count). The Balaban J connectivity index is 2.34. The van der Waals surface area contributed by atoms with E-state index in [1.807, 2.05) is 21.0 Å². The summed E-state index contributed by atoms with van der Waals surface area (Å²) in [5.41, 5.74) is 1.65. The Labute approximate surface area is 142 Å². The van der Waals surface area contributed by atoms with Crippen LogP contribution in [0.15, 0.2) is 0 Å². The Bertz CT molecular complexity index is 595. The molecule has 2 N–H and O–H groups in total. The number of hydrogen-bond acceptors (Lipinski definition) is 4. The Kier molecular flexibility index (Phi) is 5.81. The number of thiophene rings is 1. The summed E-state index contributed by atoms with van der Waals surface area (Å²) in [6.07, 6.45) is 2.92. The molecule has 1 aromatic rings. The minimum atomic E-state index is -0.320. The maximum atomic E-state index is 12.4. The van der Waals surface area contributed by atoms with Gasteiger partial charge in [0.1, 0.15) is 5.00 Å². The van der Waals surface area contributed by atoms with Gasteiger partial charge in [0.15, 0.2) is 6.04 Å². The summed E-state index contributed by atoms with van der Waals surface area (Å²) >= 11 is 1.54. The summed E-state index contributed by atoms with van der Waals surface area (Å²) in [5.74, 6) is 0.229. The van der Waals surface area contributed by atoms with Gasteiger partial charge in [-0.25, -0.2) is 4.79 Å². The van der Waals surface area contributed by atoms with Crippen LogP contribution in [0.5, 0.6) is 0 Å². The van der Waals surface area contributed by atoms with Gasteiger partial charge in [-0.1, -0.05) is 6.92 Å². The largest absolute Gasteiger partial charge is 0.462 e. The molecule has 0 radical (unpaired) electrons. The number of fused-ring (bicyclic) bond motifs is 1. The van der Waals surface area contributed by atoms with Crippen molar-refractivity contribution >= 4 is 28.2 Å². The fraction of sp³-hybridized carbons (Fsp3) is 0.647. The molecular weight excluding hydrogens is 312 g/mol. The Morgan fingerprint density at radius 3 is 2.74 bits per heavy atom. The van der Waals surface area contributed by atoms with Crippen molar-refractivity contribution in [1.82, 2.24) is 0 Å². The number of amides is 1. The lowest BCUT2D eigenvalue weighted by atomic mass is 9.88. The van der Waals surface area contributed by atoms with Crippen molar-refractivity contribution in [1.29, 1.82) is 0 Å². The van der Waals surface area contributed by atoms with Crippen LogP contribution in [0, 0.1) is 5.92 Å². The summed E-state index contributed by atoms with van der Waals surface area (Å²) in [6.45, 7) is 6.24. The van der Waals surface area contributed by atoms with Crippen LogP contribution >= 0.6 is 11.3 Å². The first-order valence-electron chi connectivity index (χ1n) is 8.27. The first-order chi connectivity index (χ1) is 10.8. The van der Waals surface area contributed by atoms with Crippen LogP contribution in [0.2, 0.25) is 0 Å². The Morgan fingerprint density at radius 2 is 2.13 bits per heavy atom. The van der Waals surface area contributed by atoms with Gasteiger partial charge < -0.3 is 15.0 Å². The zero-order valence-corrected chi connectivity index (χ0v) is 15.4. The highest BCUT2D eigenvalue weighted by molar-refractivity contribution is 7.17. The van der Waals surface area contributed by atoms with E-state index in [1.165, 1.54) is 16.2 Å². The lowest BCUT2D eigenvalue weighted by Crippen LogP contribution is -3.11. The molecule has 5 nitrogen and oxygen atoms in total. The van der Waals surface area contributed by atoms with Crippen LogP contribution in [0.4, 0.5) is 5.00 Å². The molecule has 1 aliphatic rings. The maximum absolute atomic E-state index is 12.4. The topological polar surface area (TPSA) is 59.8 Å². The van der Waals surface area contributed by atoms with E-state index >= 15 is 0 Å². The monoisotopic (exact) mass is 339 g/mol. The molecular formula is C17H27N2O3S+. The van der Waals surface area contributed by atoms with Gasteiger partial charge in [-0.05, 0) is 44.6 Å². The van der Waals surface area contributed by atoms with E-state index in [9.17, 15) is 9.59 Å². The van der Waals surface area contributed by atoms with Crippen LogP contribution in [-0.2, 0) is 22.4 Å². The third-order valence-electron chi connectivity index (χ3n) is 4.49. The number of carbonyl (C=O) groups excluding carboxylic acids is 2. The second kappa shape index (κ2) is 7.45. The van der Waals surface area contributed by atoms with Crippen molar-refractivity contribution in [3.63, 3.8) is 0 Å². The molecule has 0 unspecified atom stereocenters. The van der Waals surface area contributed by atoms with Gasteiger partial charge in [-0.2, -0.15) is 0 Å². The zero-order valence-electron chi connectivity index (χ0n) is 14.6. The highest BCUT2D eigenvalue weighted by Crippen LogP contribution is 2.40. The lowest BCUT2D eigenvalue weighted by molar-refractivity contribution is -0.873. The highest BCUT2D eigenvalue weighted by Gasteiger charge is 2.30. The molecule has 1 heterocycles. The quantitative estimate of drug-likeness (QED) is 0.800. The maximum Gasteiger partial charge on any atom is 0.341 e. The summed E-state index contributed by atoms with van der Waals surface area (Å²) in [7, 11) is 3.88. The summed E-state index contributed by atoms with van der Waals surface area (Å²) in [4.78, 5) is 27.0. The lowest BCUT2D eigenvalue weighted by Gasteiger charge is -2.18. The van der Waals surface area contributed by atoms with Crippen molar-refractivity contribution in [3.05, 3.63) is 16.0 Å². The SMILES string of the molecule is CCOC(=O)c1c(NC(=O)[C@H](C)[NH+](C)C)sc2c1CC[C@@H](C)C2. The molecule has 0 aromatic carbocycles. The number of quaternary nitrogens is 1. The van der Waals surface area contributed by atoms with Gasteiger partial charge >= 0.3 is 5.97 Å². The first-order valence-corrected chi connectivity index (χ1v) is 9.09. The molecule has 0 fully saturated rings. The van der Waals surface area contributed by atoms with E-state index in [1.54, 1.807) is 6.92 Å². The van der Waals surface area contributed by atoms with E-state index in [0.29, 0.717) is 23.1 Å². The van der Waals surface area contributed by atoms with Crippen LogP contribution in [0.3, 0.4) is 0 Å². The zero-order chi connectivity index (χ0) is 17.1. The van der Waals surface area contributed by atoms with Crippen molar-refractivity contribution in [2.45, 2.75) is 46.1 Å². The number of esters is 1. The number of rotatable bonds is 5. The summed E-state index contributed by atoms with van der Waals surface area (Å²) < 4.78 is 5.22. The van der Waals surface area contributed by atoms with Gasteiger partial charge in [0.25, 0.3) is 5.91 Å². The molecule has 0 saturated heterocycles. The van der Waals surface area contributed by atoms with Crippen LogP contribution < -0.4 is 10.2 Å². The van der Waals surface area contributed by atoms with Gasteiger partial charge in [0.2, 0.25) is 0 Å². The van der Waals surface area contributed by atoms with Crippen LogP contribution in [0.1, 0.15) is 48.0 Å². The smallest absolute Gasteiger partial charge is 0.341 e. The fourth-order valence-corrected chi connectivity index (χ4v) is 4.14.